The number of carbonyl (C=O) groups is 1. The van der Waals surface area contributed by atoms with E-state index in [0.717, 1.165) is 24.2 Å². The summed E-state index contributed by atoms with van der Waals surface area (Å²) in [5.41, 5.74) is 1.02. The van der Waals surface area contributed by atoms with Crippen LogP contribution in [0.3, 0.4) is 0 Å². The van der Waals surface area contributed by atoms with E-state index in [1.165, 1.54) is 0 Å². The van der Waals surface area contributed by atoms with Gasteiger partial charge >= 0.3 is 6.03 Å². The van der Waals surface area contributed by atoms with Gasteiger partial charge in [0.15, 0.2) is 0 Å². The number of rotatable bonds is 4. The van der Waals surface area contributed by atoms with Crippen molar-refractivity contribution in [1.29, 1.82) is 0 Å². The van der Waals surface area contributed by atoms with Crippen LogP contribution in [0.2, 0.25) is 0 Å². The Balaban J connectivity index is 1.96. The molecule has 1 aliphatic carbocycles. The number of methoxy groups -OCH3 is 1. The van der Waals surface area contributed by atoms with Crippen molar-refractivity contribution >= 4 is 6.03 Å². The summed E-state index contributed by atoms with van der Waals surface area (Å²) in [4.78, 5) is 13.4. The van der Waals surface area contributed by atoms with Gasteiger partial charge in [-0.3, -0.25) is 0 Å². The highest BCUT2D eigenvalue weighted by atomic mass is 16.5. The van der Waals surface area contributed by atoms with Crippen molar-refractivity contribution in [2.24, 2.45) is 0 Å². The second kappa shape index (κ2) is 5.08. The average Bonchev–Trinajstić information content (AvgIpc) is 3.13. The fourth-order valence-corrected chi connectivity index (χ4v) is 1.67. The molecule has 0 atom stereocenters. The molecule has 0 aliphatic heterocycles. The van der Waals surface area contributed by atoms with Crippen molar-refractivity contribution in [3.8, 4) is 5.75 Å². The Hall–Kier alpha value is -1.71. The van der Waals surface area contributed by atoms with Gasteiger partial charge in [0.1, 0.15) is 5.75 Å². The summed E-state index contributed by atoms with van der Waals surface area (Å²) in [6.45, 7) is 0.558. The fraction of sp³-hybridized carbons (Fsp3) is 0.462. The second-order valence-corrected chi connectivity index (χ2v) is 4.39. The van der Waals surface area contributed by atoms with Crippen molar-refractivity contribution < 1.29 is 9.53 Å². The van der Waals surface area contributed by atoms with E-state index in [-0.39, 0.29) is 6.03 Å². The van der Waals surface area contributed by atoms with Crippen LogP contribution in [-0.4, -0.2) is 31.1 Å². The Labute approximate surface area is 102 Å². The van der Waals surface area contributed by atoms with Crippen molar-refractivity contribution in [3.63, 3.8) is 0 Å². The molecular formula is C13H18N2O2. The zero-order valence-electron chi connectivity index (χ0n) is 10.3. The molecule has 1 aromatic rings. The molecule has 0 spiro atoms. The summed E-state index contributed by atoms with van der Waals surface area (Å²) in [6.07, 6.45) is 2.21. The first-order valence-electron chi connectivity index (χ1n) is 5.84. The Morgan fingerprint density at radius 1 is 1.47 bits per heavy atom. The number of carbonyl (C=O) groups excluding carboxylic acids is 1. The third-order valence-corrected chi connectivity index (χ3v) is 2.85. The minimum Gasteiger partial charge on any atom is -0.496 e. The van der Waals surface area contributed by atoms with E-state index in [0.29, 0.717) is 12.6 Å². The first-order chi connectivity index (χ1) is 8.20. The van der Waals surface area contributed by atoms with Crippen LogP contribution in [0.4, 0.5) is 4.79 Å². The summed E-state index contributed by atoms with van der Waals surface area (Å²) in [5, 5.41) is 2.96. The number of para-hydroxylation sites is 1. The van der Waals surface area contributed by atoms with E-state index < -0.39 is 0 Å². The molecule has 2 rings (SSSR count). The highest BCUT2D eigenvalue weighted by Gasteiger charge is 2.24. The van der Waals surface area contributed by atoms with E-state index in [4.69, 9.17) is 4.74 Å². The summed E-state index contributed by atoms with van der Waals surface area (Å²) in [5.74, 6) is 0.818. The maximum absolute atomic E-state index is 11.8. The van der Waals surface area contributed by atoms with E-state index in [1.807, 2.05) is 24.3 Å². The smallest absolute Gasteiger partial charge is 0.317 e. The molecule has 1 saturated carbocycles. The summed E-state index contributed by atoms with van der Waals surface area (Å²) >= 11 is 0. The Morgan fingerprint density at radius 3 is 2.82 bits per heavy atom. The highest BCUT2D eigenvalue weighted by molar-refractivity contribution is 5.74. The van der Waals surface area contributed by atoms with Crippen molar-refractivity contribution in [3.05, 3.63) is 29.8 Å². The van der Waals surface area contributed by atoms with Crippen molar-refractivity contribution in [2.75, 3.05) is 14.2 Å². The van der Waals surface area contributed by atoms with Gasteiger partial charge in [0.2, 0.25) is 0 Å². The molecule has 0 unspecified atom stereocenters. The minimum atomic E-state index is -0.0154. The number of nitrogens with zero attached hydrogens (tertiary/aromatic N) is 1. The molecule has 0 saturated heterocycles. The Kier molecular flexibility index (Phi) is 3.52. The van der Waals surface area contributed by atoms with Gasteiger partial charge in [-0.2, -0.15) is 0 Å². The number of urea groups is 1. The van der Waals surface area contributed by atoms with Gasteiger partial charge in [-0.15, -0.1) is 0 Å². The molecule has 1 aromatic carbocycles. The lowest BCUT2D eigenvalue weighted by atomic mass is 10.2. The molecular weight excluding hydrogens is 216 g/mol. The molecule has 92 valence electrons. The number of hydrogen-bond donors (Lipinski definition) is 1. The van der Waals surface area contributed by atoms with Crippen LogP contribution in [0.5, 0.6) is 5.75 Å². The summed E-state index contributed by atoms with van der Waals surface area (Å²) in [6, 6.07) is 8.12. The zero-order chi connectivity index (χ0) is 12.3. The largest absolute Gasteiger partial charge is 0.496 e. The Bertz CT molecular complexity index is 402. The van der Waals surface area contributed by atoms with Crippen LogP contribution in [0.1, 0.15) is 18.4 Å². The van der Waals surface area contributed by atoms with Crippen LogP contribution >= 0.6 is 0 Å². The molecule has 0 radical (unpaired) electrons. The van der Waals surface area contributed by atoms with Crippen LogP contribution in [0.15, 0.2) is 24.3 Å². The summed E-state index contributed by atoms with van der Waals surface area (Å²) < 4.78 is 5.26. The second-order valence-electron chi connectivity index (χ2n) is 4.39. The average molecular weight is 234 g/mol. The van der Waals surface area contributed by atoms with Crippen molar-refractivity contribution in [1.82, 2.24) is 10.2 Å². The monoisotopic (exact) mass is 234 g/mol. The SMILES string of the molecule is COc1ccccc1CN(C)C(=O)NC1CC1. The van der Waals surface area contributed by atoms with Gasteiger partial charge in [0, 0.05) is 18.7 Å². The maximum Gasteiger partial charge on any atom is 0.317 e. The normalized spacial score (nSPS) is 14.2. The molecule has 1 aliphatic rings. The first-order valence-corrected chi connectivity index (χ1v) is 5.84. The van der Waals surface area contributed by atoms with Crippen LogP contribution < -0.4 is 10.1 Å². The topological polar surface area (TPSA) is 41.6 Å². The standard InChI is InChI=1S/C13H18N2O2/c1-15(13(16)14-11-7-8-11)9-10-5-3-4-6-12(10)17-2/h3-6,11H,7-9H2,1-2H3,(H,14,16). The van der Waals surface area contributed by atoms with Crippen LogP contribution in [0.25, 0.3) is 0 Å². The predicted molar refractivity (Wildman–Crippen MR) is 66.0 cm³/mol. The first kappa shape index (κ1) is 11.8. The minimum absolute atomic E-state index is 0.0154. The van der Waals surface area contributed by atoms with Gasteiger partial charge in [-0.25, -0.2) is 4.79 Å². The third-order valence-electron chi connectivity index (χ3n) is 2.85. The lowest BCUT2D eigenvalue weighted by molar-refractivity contribution is 0.206. The van der Waals surface area contributed by atoms with Gasteiger partial charge in [-0.1, -0.05) is 18.2 Å². The fourth-order valence-electron chi connectivity index (χ4n) is 1.67. The molecule has 17 heavy (non-hydrogen) atoms. The molecule has 1 N–H and O–H groups in total. The van der Waals surface area contributed by atoms with Gasteiger partial charge < -0.3 is 15.0 Å². The number of amides is 2. The van der Waals surface area contributed by atoms with Crippen molar-refractivity contribution in [2.45, 2.75) is 25.4 Å². The van der Waals surface area contributed by atoms with Crippen LogP contribution in [-0.2, 0) is 6.54 Å². The quantitative estimate of drug-likeness (QED) is 0.865. The molecule has 2 amide bonds. The van der Waals surface area contributed by atoms with Gasteiger partial charge in [0.05, 0.1) is 13.7 Å². The number of benzene rings is 1. The lowest BCUT2D eigenvalue weighted by Crippen LogP contribution is -2.37. The van der Waals surface area contributed by atoms with E-state index >= 15 is 0 Å². The lowest BCUT2D eigenvalue weighted by Gasteiger charge is -2.19. The third kappa shape index (κ3) is 3.12. The highest BCUT2D eigenvalue weighted by Crippen LogP contribution is 2.21. The molecule has 1 fully saturated rings. The molecule has 0 aromatic heterocycles. The van der Waals surface area contributed by atoms with Gasteiger partial charge in [0.25, 0.3) is 0 Å². The predicted octanol–water partition coefficient (Wildman–Crippen LogP) is 2.00. The van der Waals surface area contributed by atoms with Crippen LogP contribution in [0, 0.1) is 0 Å². The molecule has 4 nitrogen and oxygen atoms in total. The number of ether oxygens (including phenoxy) is 1. The number of hydrogen-bond acceptors (Lipinski definition) is 2. The van der Waals surface area contributed by atoms with E-state index in [9.17, 15) is 4.79 Å². The molecule has 4 heteroatoms. The zero-order valence-corrected chi connectivity index (χ0v) is 10.3. The number of nitrogens with one attached hydrogen (secondary N) is 1. The van der Waals surface area contributed by atoms with E-state index in [1.54, 1.807) is 19.1 Å². The molecule has 0 heterocycles. The Morgan fingerprint density at radius 2 is 2.18 bits per heavy atom. The maximum atomic E-state index is 11.8. The van der Waals surface area contributed by atoms with E-state index in [2.05, 4.69) is 5.32 Å². The summed E-state index contributed by atoms with van der Waals surface area (Å²) in [7, 11) is 3.44. The van der Waals surface area contributed by atoms with Gasteiger partial charge in [-0.05, 0) is 18.9 Å². The molecule has 0 bridgehead atoms.